The van der Waals surface area contributed by atoms with Crippen molar-refractivity contribution in [1.82, 2.24) is 14.9 Å². The molecule has 1 aromatic carbocycles. The molecule has 0 atom stereocenters. The van der Waals surface area contributed by atoms with Gasteiger partial charge in [-0.25, -0.2) is 9.97 Å². The SMILES string of the molecule is CN(CCNc1nccc(/C(C=N)=C\N)n1)Cc1ccccc1. The maximum Gasteiger partial charge on any atom is 0.223 e. The number of allylic oxidation sites excluding steroid dienone is 1. The number of anilines is 1. The highest BCUT2D eigenvalue weighted by atomic mass is 15.1. The molecular weight excluding hydrogens is 288 g/mol. The van der Waals surface area contributed by atoms with Gasteiger partial charge in [0, 0.05) is 43.8 Å². The lowest BCUT2D eigenvalue weighted by atomic mass is 10.2. The first kappa shape index (κ1) is 16.6. The normalized spacial score (nSPS) is 11.5. The van der Waals surface area contributed by atoms with E-state index in [0.29, 0.717) is 17.2 Å². The molecule has 23 heavy (non-hydrogen) atoms. The second-order valence-electron chi connectivity index (χ2n) is 5.18. The van der Waals surface area contributed by atoms with E-state index in [0.717, 1.165) is 19.6 Å². The number of nitrogens with one attached hydrogen (secondary N) is 2. The van der Waals surface area contributed by atoms with Crippen LogP contribution in [0.2, 0.25) is 0 Å². The van der Waals surface area contributed by atoms with Gasteiger partial charge in [0.15, 0.2) is 0 Å². The summed E-state index contributed by atoms with van der Waals surface area (Å²) in [4.78, 5) is 10.8. The van der Waals surface area contributed by atoms with Crippen molar-refractivity contribution < 1.29 is 0 Å². The highest BCUT2D eigenvalue weighted by Crippen LogP contribution is 2.09. The fraction of sp³-hybridized carbons (Fsp3) is 0.235. The topological polar surface area (TPSA) is 90.9 Å². The average Bonchev–Trinajstić information content (AvgIpc) is 2.57. The third-order valence-electron chi connectivity index (χ3n) is 3.36. The molecule has 6 nitrogen and oxygen atoms in total. The van der Waals surface area contributed by atoms with E-state index in [4.69, 9.17) is 11.1 Å². The minimum atomic E-state index is 0.539. The van der Waals surface area contributed by atoms with Crippen molar-refractivity contribution in [1.29, 1.82) is 5.41 Å². The van der Waals surface area contributed by atoms with Crippen molar-refractivity contribution in [3.63, 3.8) is 0 Å². The van der Waals surface area contributed by atoms with E-state index in [9.17, 15) is 0 Å². The number of benzene rings is 1. The van der Waals surface area contributed by atoms with Crippen LogP contribution < -0.4 is 11.1 Å². The first-order valence-electron chi connectivity index (χ1n) is 7.45. The van der Waals surface area contributed by atoms with E-state index in [1.165, 1.54) is 18.0 Å². The van der Waals surface area contributed by atoms with Crippen molar-refractivity contribution in [2.24, 2.45) is 5.73 Å². The zero-order chi connectivity index (χ0) is 16.5. The van der Waals surface area contributed by atoms with Crippen LogP contribution in [-0.4, -0.2) is 41.2 Å². The molecule has 0 aliphatic rings. The minimum Gasteiger partial charge on any atom is -0.404 e. The van der Waals surface area contributed by atoms with E-state index in [1.807, 2.05) is 18.2 Å². The summed E-state index contributed by atoms with van der Waals surface area (Å²) in [5.41, 5.74) is 7.97. The molecule has 0 fully saturated rings. The van der Waals surface area contributed by atoms with Crippen molar-refractivity contribution in [2.45, 2.75) is 6.54 Å². The summed E-state index contributed by atoms with van der Waals surface area (Å²) in [5.74, 6) is 0.539. The third kappa shape index (κ3) is 5.19. The molecule has 0 amide bonds. The summed E-state index contributed by atoms with van der Waals surface area (Å²) in [7, 11) is 2.08. The summed E-state index contributed by atoms with van der Waals surface area (Å²) < 4.78 is 0. The van der Waals surface area contributed by atoms with Gasteiger partial charge in [0.1, 0.15) is 0 Å². The van der Waals surface area contributed by atoms with Gasteiger partial charge in [-0.05, 0) is 18.7 Å². The molecule has 1 aromatic heterocycles. The van der Waals surface area contributed by atoms with E-state index in [-0.39, 0.29) is 0 Å². The molecule has 0 saturated heterocycles. The lowest BCUT2D eigenvalue weighted by Crippen LogP contribution is -2.25. The quantitative estimate of drug-likeness (QED) is 0.648. The molecule has 120 valence electrons. The van der Waals surface area contributed by atoms with E-state index < -0.39 is 0 Å². The minimum absolute atomic E-state index is 0.539. The number of likely N-dealkylation sites (N-methyl/N-ethyl adjacent to an activating group) is 1. The Labute approximate surface area is 136 Å². The Hall–Kier alpha value is -2.73. The van der Waals surface area contributed by atoms with Gasteiger partial charge in [-0.3, -0.25) is 0 Å². The summed E-state index contributed by atoms with van der Waals surface area (Å²) in [6.07, 6.45) is 4.21. The Kier molecular flexibility index (Phi) is 6.26. The van der Waals surface area contributed by atoms with E-state index in [1.54, 1.807) is 12.3 Å². The second kappa shape index (κ2) is 8.65. The van der Waals surface area contributed by atoms with Crippen LogP contribution >= 0.6 is 0 Å². The Morgan fingerprint density at radius 1 is 1.30 bits per heavy atom. The predicted molar refractivity (Wildman–Crippen MR) is 94.2 cm³/mol. The monoisotopic (exact) mass is 310 g/mol. The molecule has 1 heterocycles. The van der Waals surface area contributed by atoms with Gasteiger partial charge in [-0.15, -0.1) is 0 Å². The molecule has 0 aliphatic heterocycles. The van der Waals surface area contributed by atoms with Crippen LogP contribution in [-0.2, 0) is 6.54 Å². The maximum atomic E-state index is 7.31. The van der Waals surface area contributed by atoms with Gasteiger partial charge in [0.2, 0.25) is 5.95 Å². The predicted octanol–water partition coefficient (Wildman–Crippen LogP) is 1.97. The van der Waals surface area contributed by atoms with Crippen LogP contribution in [0, 0.1) is 5.41 Å². The molecule has 0 unspecified atom stereocenters. The van der Waals surface area contributed by atoms with Crippen LogP contribution in [0.4, 0.5) is 5.95 Å². The van der Waals surface area contributed by atoms with Gasteiger partial charge in [-0.1, -0.05) is 30.3 Å². The summed E-state index contributed by atoms with van der Waals surface area (Å²) in [6.45, 7) is 2.50. The summed E-state index contributed by atoms with van der Waals surface area (Å²) in [6, 6.07) is 12.1. The number of rotatable bonds is 8. The molecule has 0 spiro atoms. The maximum absolute atomic E-state index is 7.31. The highest BCUT2D eigenvalue weighted by molar-refractivity contribution is 6.07. The fourth-order valence-electron chi connectivity index (χ4n) is 2.14. The number of aromatic nitrogens is 2. The average molecular weight is 310 g/mol. The van der Waals surface area contributed by atoms with Gasteiger partial charge in [0.05, 0.1) is 5.69 Å². The Balaban J connectivity index is 1.84. The van der Waals surface area contributed by atoms with Gasteiger partial charge < -0.3 is 21.4 Å². The molecule has 0 saturated carbocycles. The van der Waals surface area contributed by atoms with Crippen LogP contribution in [0.5, 0.6) is 0 Å². The second-order valence-corrected chi connectivity index (χ2v) is 5.18. The van der Waals surface area contributed by atoms with E-state index >= 15 is 0 Å². The largest absolute Gasteiger partial charge is 0.404 e. The Bertz CT molecular complexity index is 653. The van der Waals surface area contributed by atoms with E-state index in [2.05, 4.69) is 39.4 Å². The van der Waals surface area contributed by atoms with Crippen LogP contribution in [0.3, 0.4) is 0 Å². The first-order valence-corrected chi connectivity index (χ1v) is 7.45. The number of nitrogens with two attached hydrogens (primary N) is 1. The number of nitrogens with zero attached hydrogens (tertiary/aromatic N) is 3. The lowest BCUT2D eigenvalue weighted by Gasteiger charge is -2.17. The smallest absolute Gasteiger partial charge is 0.223 e. The van der Waals surface area contributed by atoms with Gasteiger partial charge >= 0.3 is 0 Å². The Morgan fingerprint density at radius 3 is 2.78 bits per heavy atom. The molecule has 2 rings (SSSR count). The number of hydrogen-bond acceptors (Lipinski definition) is 6. The van der Waals surface area contributed by atoms with Gasteiger partial charge in [-0.2, -0.15) is 0 Å². The van der Waals surface area contributed by atoms with Gasteiger partial charge in [0.25, 0.3) is 0 Å². The standard InChI is InChI=1S/C17H22N6/c1-23(13-14-5-3-2-4-6-14)10-9-21-17-20-8-7-16(22-17)15(11-18)12-19/h2-8,11-12,18H,9-10,13,19H2,1H3,(H,20,21,22)/b15-12-,18-11?. The molecule has 0 aliphatic carbocycles. The summed E-state index contributed by atoms with van der Waals surface area (Å²) in [5, 5.41) is 10.5. The molecule has 6 heteroatoms. The third-order valence-corrected chi connectivity index (χ3v) is 3.36. The van der Waals surface area contributed by atoms with Crippen LogP contribution in [0.1, 0.15) is 11.3 Å². The molecule has 0 bridgehead atoms. The zero-order valence-electron chi connectivity index (χ0n) is 13.2. The van der Waals surface area contributed by atoms with Crippen molar-refractivity contribution in [3.05, 3.63) is 60.1 Å². The molecule has 2 aromatic rings. The van der Waals surface area contributed by atoms with Crippen molar-refractivity contribution in [3.8, 4) is 0 Å². The van der Waals surface area contributed by atoms with Crippen LogP contribution in [0.15, 0.2) is 48.8 Å². The zero-order valence-corrected chi connectivity index (χ0v) is 13.2. The molecule has 0 radical (unpaired) electrons. The summed E-state index contributed by atoms with van der Waals surface area (Å²) >= 11 is 0. The van der Waals surface area contributed by atoms with Crippen molar-refractivity contribution >= 4 is 17.7 Å². The molecule has 4 N–H and O–H groups in total. The lowest BCUT2D eigenvalue weighted by molar-refractivity contribution is 0.340. The van der Waals surface area contributed by atoms with Crippen molar-refractivity contribution in [2.75, 3.05) is 25.5 Å². The highest BCUT2D eigenvalue weighted by Gasteiger charge is 2.04. The molecular formula is C17H22N6. The Morgan fingerprint density at radius 2 is 2.09 bits per heavy atom. The fourth-order valence-corrected chi connectivity index (χ4v) is 2.14. The van der Waals surface area contributed by atoms with Crippen LogP contribution in [0.25, 0.3) is 5.57 Å². The number of hydrogen-bond donors (Lipinski definition) is 3. The first-order chi connectivity index (χ1) is 11.2.